The van der Waals surface area contributed by atoms with Gasteiger partial charge in [-0.3, -0.25) is 0 Å². The molecule has 12 aromatic rings. The highest BCUT2D eigenvalue weighted by atomic mass is 16.3. The van der Waals surface area contributed by atoms with Gasteiger partial charge < -0.3 is 9.32 Å². The van der Waals surface area contributed by atoms with Crippen molar-refractivity contribution >= 4 is 39.0 Å². The van der Waals surface area contributed by atoms with Crippen molar-refractivity contribution in [3.8, 4) is 55.6 Å². The van der Waals surface area contributed by atoms with Crippen LogP contribution in [0.5, 0.6) is 0 Å². The molecule has 13 rings (SSSR count). The number of nitrogens with zero attached hydrogens (tertiary/aromatic N) is 1. The van der Waals surface area contributed by atoms with Gasteiger partial charge in [0.25, 0.3) is 0 Å². The number of fused-ring (bicyclic) bond motifs is 6. The summed E-state index contributed by atoms with van der Waals surface area (Å²) >= 11 is 0. The number of furan rings is 1. The standard InChI is InChI=1S/C67H45NO/c1-6-18-46(19-7-1)48-30-34-54(35-31-48)68(55-36-40-59-58-28-16-17-29-63(58)67(64(59)44-55,52-24-12-4-13-25-52)53-26-14-5-15-27-53)56-37-41-61-60-39-33-51(43-65(60)69-66(61)45-56)62-42-50(47-20-8-2-9-21-47)32-38-57(62)49-22-10-3-11-23-49/h1-45H. The highest BCUT2D eigenvalue weighted by molar-refractivity contribution is 6.08. The maximum Gasteiger partial charge on any atom is 0.137 e. The van der Waals surface area contributed by atoms with Crippen molar-refractivity contribution in [2.24, 2.45) is 0 Å². The fourth-order valence-corrected chi connectivity index (χ4v) is 11.0. The van der Waals surface area contributed by atoms with Crippen molar-refractivity contribution < 1.29 is 4.42 Å². The summed E-state index contributed by atoms with van der Waals surface area (Å²) in [6.07, 6.45) is 0. The van der Waals surface area contributed by atoms with E-state index in [1.165, 1.54) is 66.8 Å². The van der Waals surface area contributed by atoms with Crippen molar-refractivity contribution in [3.05, 3.63) is 295 Å². The second-order valence-electron chi connectivity index (χ2n) is 18.0. The molecule has 1 aliphatic carbocycles. The third kappa shape index (κ3) is 6.80. The summed E-state index contributed by atoms with van der Waals surface area (Å²) in [5.74, 6) is 0. The molecule has 0 saturated carbocycles. The zero-order chi connectivity index (χ0) is 45.7. The van der Waals surface area contributed by atoms with Gasteiger partial charge in [0.2, 0.25) is 0 Å². The maximum atomic E-state index is 6.95. The molecule has 0 atom stereocenters. The van der Waals surface area contributed by atoms with Crippen LogP contribution in [0.2, 0.25) is 0 Å². The molecule has 1 heterocycles. The predicted octanol–water partition coefficient (Wildman–Crippen LogP) is 18.1. The summed E-state index contributed by atoms with van der Waals surface area (Å²) in [7, 11) is 0. The van der Waals surface area contributed by atoms with Gasteiger partial charge in [-0.1, -0.05) is 212 Å². The summed E-state index contributed by atoms with van der Waals surface area (Å²) < 4.78 is 6.95. The second-order valence-corrected chi connectivity index (χ2v) is 18.0. The lowest BCUT2D eigenvalue weighted by atomic mass is 9.67. The Balaban J connectivity index is 0.981. The molecular weight excluding hydrogens is 835 g/mol. The third-order valence-corrected chi connectivity index (χ3v) is 14.2. The fraction of sp³-hybridized carbons (Fsp3) is 0.0149. The van der Waals surface area contributed by atoms with E-state index in [1.54, 1.807) is 0 Å². The van der Waals surface area contributed by atoms with E-state index in [9.17, 15) is 0 Å². The molecule has 0 fully saturated rings. The Morgan fingerprint density at radius 2 is 0.710 bits per heavy atom. The number of anilines is 3. The van der Waals surface area contributed by atoms with Gasteiger partial charge >= 0.3 is 0 Å². The molecule has 1 aliphatic rings. The average molecular weight is 880 g/mol. The third-order valence-electron chi connectivity index (χ3n) is 14.2. The molecule has 1 aromatic heterocycles. The molecule has 0 spiro atoms. The van der Waals surface area contributed by atoms with Gasteiger partial charge in [0, 0.05) is 33.9 Å². The van der Waals surface area contributed by atoms with E-state index >= 15 is 0 Å². The lowest BCUT2D eigenvalue weighted by Gasteiger charge is -2.35. The summed E-state index contributed by atoms with van der Waals surface area (Å²) in [6.45, 7) is 0. The molecule has 0 radical (unpaired) electrons. The topological polar surface area (TPSA) is 16.4 Å². The van der Waals surface area contributed by atoms with Crippen LogP contribution >= 0.6 is 0 Å². The highest BCUT2D eigenvalue weighted by Gasteiger charge is 2.46. The minimum atomic E-state index is -0.533. The average Bonchev–Trinajstić information content (AvgIpc) is 3.95. The minimum Gasteiger partial charge on any atom is -0.456 e. The van der Waals surface area contributed by atoms with Crippen LogP contribution in [0.4, 0.5) is 17.1 Å². The van der Waals surface area contributed by atoms with Crippen LogP contribution in [0, 0.1) is 0 Å². The fourth-order valence-electron chi connectivity index (χ4n) is 11.0. The lowest BCUT2D eigenvalue weighted by molar-refractivity contribution is 0.669. The monoisotopic (exact) mass is 879 g/mol. The van der Waals surface area contributed by atoms with Crippen molar-refractivity contribution in [2.75, 3.05) is 4.90 Å². The second kappa shape index (κ2) is 16.7. The molecular formula is C67H45NO. The van der Waals surface area contributed by atoms with E-state index in [4.69, 9.17) is 4.42 Å². The van der Waals surface area contributed by atoms with Crippen molar-refractivity contribution in [1.29, 1.82) is 0 Å². The first kappa shape index (κ1) is 40.3. The molecule has 0 bridgehead atoms. The quantitative estimate of drug-likeness (QED) is 0.144. The Morgan fingerprint density at radius 3 is 1.38 bits per heavy atom. The van der Waals surface area contributed by atoms with Crippen LogP contribution in [0.3, 0.4) is 0 Å². The maximum absolute atomic E-state index is 6.95. The lowest BCUT2D eigenvalue weighted by Crippen LogP contribution is -2.28. The number of rotatable bonds is 9. The van der Waals surface area contributed by atoms with Gasteiger partial charge in [-0.15, -0.1) is 0 Å². The van der Waals surface area contributed by atoms with E-state index in [1.807, 2.05) is 0 Å². The predicted molar refractivity (Wildman–Crippen MR) is 287 cm³/mol. The van der Waals surface area contributed by atoms with Gasteiger partial charge in [-0.2, -0.15) is 0 Å². The Labute approximate surface area is 402 Å². The molecule has 0 amide bonds. The highest BCUT2D eigenvalue weighted by Crippen LogP contribution is 2.57. The largest absolute Gasteiger partial charge is 0.456 e. The molecule has 0 unspecified atom stereocenters. The molecule has 0 saturated heterocycles. The van der Waals surface area contributed by atoms with Gasteiger partial charge in [0.1, 0.15) is 11.2 Å². The van der Waals surface area contributed by atoms with E-state index < -0.39 is 5.41 Å². The van der Waals surface area contributed by atoms with Gasteiger partial charge in [-0.05, 0) is 132 Å². The Kier molecular flexibility index (Phi) is 9.77. The van der Waals surface area contributed by atoms with Crippen LogP contribution in [-0.4, -0.2) is 0 Å². The summed E-state index contributed by atoms with van der Waals surface area (Å²) in [6, 6.07) is 99.1. The van der Waals surface area contributed by atoms with E-state index in [0.717, 1.165) is 50.1 Å². The Hall–Kier alpha value is -8.98. The molecule has 0 N–H and O–H groups in total. The Bertz CT molecular complexity index is 3760. The first-order valence-electron chi connectivity index (χ1n) is 23.7. The number of benzene rings is 11. The minimum absolute atomic E-state index is 0.533. The zero-order valence-electron chi connectivity index (χ0n) is 37.8. The molecule has 69 heavy (non-hydrogen) atoms. The molecule has 2 nitrogen and oxygen atoms in total. The first-order chi connectivity index (χ1) is 34.2. The SMILES string of the molecule is c1ccc(-c2ccc(N(c3ccc4c(c3)C(c3ccccc3)(c3ccccc3)c3ccccc3-4)c3ccc4c(c3)oc3cc(-c5cc(-c6ccccc6)ccc5-c5ccccc5)ccc34)cc2)cc1. The van der Waals surface area contributed by atoms with E-state index in [0.29, 0.717) is 0 Å². The number of hydrogen-bond donors (Lipinski definition) is 0. The smallest absolute Gasteiger partial charge is 0.137 e. The summed E-state index contributed by atoms with van der Waals surface area (Å²) in [4.78, 5) is 2.39. The number of hydrogen-bond acceptors (Lipinski definition) is 2. The summed E-state index contributed by atoms with van der Waals surface area (Å²) in [5, 5.41) is 2.17. The summed E-state index contributed by atoms with van der Waals surface area (Å²) in [5.41, 5.74) is 21.2. The first-order valence-corrected chi connectivity index (χ1v) is 23.7. The van der Waals surface area contributed by atoms with E-state index in [2.05, 4.69) is 278 Å². The van der Waals surface area contributed by atoms with Crippen LogP contribution in [0.1, 0.15) is 22.3 Å². The van der Waals surface area contributed by atoms with Crippen molar-refractivity contribution in [1.82, 2.24) is 0 Å². The van der Waals surface area contributed by atoms with Crippen molar-refractivity contribution in [3.63, 3.8) is 0 Å². The molecule has 324 valence electrons. The molecule has 11 aromatic carbocycles. The van der Waals surface area contributed by atoms with Crippen LogP contribution in [0.15, 0.2) is 277 Å². The van der Waals surface area contributed by atoms with E-state index in [-0.39, 0.29) is 0 Å². The van der Waals surface area contributed by atoms with Gasteiger partial charge in [0.05, 0.1) is 5.41 Å². The van der Waals surface area contributed by atoms with Crippen LogP contribution in [0.25, 0.3) is 77.6 Å². The Morgan fingerprint density at radius 1 is 0.261 bits per heavy atom. The molecule has 0 aliphatic heterocycles. The molecule has 2 heteroatoms. The normalized spacial score (nSPS) is 12.5. The van der Waals surface area contributed by atoms with Crippen LogP contribution in [-0.2, 0) is 5.41 Å². The van der Waals surface area contributed by atoms with Crippen molar-refractivity contribution in [2.45, 2.75) is 5.41 Å². The van der Waals surface area contributed by atoms with Gasteiger partial charge in [0.15, 0.2) is 0 Å². The van der Waals surface area contributed by atoms with Crippen LogP contribution < -0.4 is 4.90 Å². The van der Waals surface area contributed by atoms with Gasteiger partial charge in [-0.25, -0.2) is 0 Å². The zero-order valence-corrected chi connectivity index (χ0v) is 37.8.